The third-order valence-electron chi connectivity index (χ3n) is 4.34. The highest BCUT2D eigenvalue weighted by Gasteiger charge is 2.32. The highest BCUT2D eigenvalue weighted by molar-refractivity contribution is 6.07. The lowest BCUT2D eigenvalue weighted by Gasteiger charge is -2.22. The van der Waals surface area contributed by atoms with E-state index in [2.05, 4.69) is 10.3 Å². The van der Waals surface area contributed by atoms with Crippen molar-refractivity contribution < 1.29 is 9.59 Å². The third kappa shape index (κ3) is 3.55. The molecule has 2 aromatic rings. The number of carbonyl (C=O) groups excluding carboxylic acids is 2. The molecule has 0 saturated carbocycles. The van der Waals surface area contributed by atoms with Crippen LogP contribution in [0.3, 0.4) is 0 Å². The average Bonchev–Trinajstić information content (AvgIpc) is 2.94. The minimum Gasteiger partial charge on any atom is -0.352 e. The maximum Gasteiger partial charge on any atom is 0.277 e. The Labute approximate surface area is 148 Å². The molecule has 0 saturated heterocycles. The summed E-state index contributed by atoms with van der Waals surface area (Å²) in [6.45, 7) is 6.69. The Kier molecular flexibility index (Phi) is 4.83. The molecule has 1 aliphatic heterocycles. The van der Waals surface area contributed by atoms with Gasteiger partial charge in [-0.05, 0) is 43.0 Å². The second-order valence-electron chi connectivity index (χ2n) is 6.89. The minimum absolute atomic E-state index is 0.0742. The molecule has 0 fully saturated rings. The molecule has 1 aromatic heterocycles. The van der Waals surface area contributed by atoms with E-state index in [-0.39, 0.29) is 17.9 Å². The molecule has 2 amide bonds. The largest absolute Gasteiger partial charge is 0.352 e. The Bertz CT molecular complexity index is 801. The average molecular weight is 337 g/mol. The normalized spacial score (nSPS) is 16.0. The van der Waals surface area contributed by atoms with Gasteiger partial charge in [-0.1, -0.05) is 32.0 Å². The minimum atomic E-state index is -0.181. The van der Waals surface area contributed by atoms with Gasteiger partial charge in [0.25, 0.3) is 11.8 Å². The van der Waals surface area contributed by atoms with Crippen molar-refractivity contribution in [1.82, 2.24) is 10.3 Å². The monoisotopic (exact) mass is 337 g/mol. The molecule has 0 radical (unpaired) electrons. The van der Waals surface area contributed by atoms with Gasteiger partial charge in [-0.2, -0.15) is 0 Å². The molecule has 0 spiro atoms. The molecule has 5 heteroatoms. The van der Waals surface area contributed by atoms with Crippen LogP contribution in [0.2, 0.25) is 0 Å². The lowest BCUT2D eigenvalue weighted by Crippen LogP contribution is -2.36. The van der Waals surface area contributed by atoms with Gasteiger partial charge in [-0.15, -0.1) is 0 Å². The molecule has 1 N–H and O–H groups in total. The van der Waals surface area contributed by atoms with E-state index in [1.54, 1.807) is 17.0 Å². The summed E-state index contributed by atoms with van der Waals surface area (Å²) in [7, 11) is 0. The first-order chi connectivity index (χ1) is 12.0. The lowest BCUT2D eigenvalue weighted by molar-refractivity contribution is 0.0949. The standard InChI is InChI=1S/C20H23N3O2/c1-13(2)12-22-19(24)16-8-9-21-17(11-16)20(25)23-14(3)10-15-6-4-5-7-18(15)23/h4-9,11,13-14H,10,12H2,1-3H3,(H,22,24). The molecule has 1 aromatic carbocycles. The van der Waals surface area contributed by atoms with E-state index in [0.717, 1.165) is 17.7 Å². The lowest BCUT2D eigenvalue weighted by atomic mass is 10.1. The number of rotatable bonds is 4. The summed E-state index contributed by atoms with van der Waals surface area (Å²) < 4.78 is 0. The number of nitrogens with one attached hydrogen (secondary N) is 1. The van der Waals surface area contributed by atoms with Gasteiger partial charge in [0.05, 0.1) is 0 Å². The van der Waals surface area contributed by atoms with Gasteiger partial charge < -0.3 is 10.2 Å². The summed E-state index contributed by atoms with van der Waals surface area (Å²) in [5.74, 6) is 0.0184. The van der Waals surface area contributed by atoms with Crippen molar-refractivity contribution >= 4 is 17.5 Å². The first-order valence-corrected chi connectivity index (χ1v) is 8.63. The molecule has 0 bridgehead atoms. The van der Waals surface area contributed by atoms with Crippen LogP contribution in [0.1, 0.15) is 47.2 Å². The molecule has 2 heterocycles. The number of hydrogen-bond acceptors (Lipinski definition) is 3. The molecule has 1 unspecified atom stereocenters. The predicted octanol–water partition coefficient (Wildman–Crippen LogP) is 3.06. The zero-order valence-corrected chi connectivity index (χ0v) is 14.8. The number of pyridine rings is 1. The fourth-order valence-electron chi connectivity index (χ4n) is 3.09. The second kappa shape index (κ2) is 7.05. The van der Waals surface area contributed by atoms with Crippen LogP contribution < -0.4 is 10.2 Å². The van der Waals surface area contributed by atoms with E-state index < -0.39 is 0 Å². The fraction of sp³-hybridized carbons (Fsp3) is 0.350. The van der Waals surface area contributed by atoms with Crippen molar-refractivity contribution in [3.63, 3.8) is 0 Å². The molecule has 0 aliphatic carbocycles. The molecule has 1 aliphatic rings. The summed E-state index contributed by atoms with van der Waals surface area (Å²) in [6.07, 6.45) is 2.35. The maximum atomic E-state index is 13.0. The van der Waals surface area contributed by atoms with Gasteiger partial charge in [0, 0.05) is 30.0 Å². The third-order valence-corrected chi connectivity index (χ3v) is 4.34. The number of hydrogen-bond donors (Lipinski definition) is 1. The Hall–Kier alpha value is -2.69. The van der Waals surface area contributed by atoms with Crippen LogP contribution in [0.4, 0.5) is 5.69 Å². The van der Waals surface area contributed by atoms with Crippen molar-refractivity contribution in [1.29, 1.82) is 0 Å². The fourth-order valence-corrected chi connectivity index (χ4v) is 3.09. The van der Waals surface area contributed by atoms with Crippen LogP contribution in [0, 0.1) is 5.92 Å². The summed E-state index contributed by atoms with van der Waals surface area (Å²) in [5, 5.41) is 2.87. The van der Waals surface area contributed by atoms with Crippen molar-refractivity contribution in [2.24, 2.45) is 5.92 Å². The number of amides is 2. The number of carbonyl (C=O) groups is 2. The number of nitrogens with zero attached hydrogens (tertiary/aromatic N) is 2. The van der Waals surface area contributed by atoms with Crippen molar-refractivity contribution in [3.05, 3.63) is 59.4 Å². The van der Waals surface area contributed by atoms with Crippen LogP contribution in [0.25, 0.3) is 0 Å². The van der Waals surface area contributed by atoms with Crippen LogP contribution in [0.5, 0.6) is 0 Å². The first kappa shape index (κ1) is 17.1. The smallest absolute Gasteiger partial charge is 0.277 e. The van der Waals surface area contributed by atoms with Gasteiger partial charge in [-0.3, -0.25) is 14.6 Å². The Morgan fingerprint density at radius 3 is 2.80 bits per heavy atom. The molecule has 1 atom stereocenters. The Morgan fingerprint density at radius 2 is 2.04 bits per heavy atom. The predicted molar refractivity (Wildman–Crippen MR) is 97.8 cm³/mol. The SMILES string of the molecule is CC(C)CNC(=O)c1ccnc(C(=O)N2c3ccccc3CC2C)c1. The second-order valence-corrected chi connectivity index (χ2v) is 6.89. The Morgan fingerprint density at radius 1 is 1.28 bits per heavy atom. The molecular formula is C20H23N3O2. The van der Waals surface area contributed by atoms with E-state index in [0.29, 0.717) is 23.7 Å². The summed E-state index contributed by atoms with van der Waals surface area (Å²) in [5.41, 5.74) is 2.84. The molecule has 3 rings (SSSR count). The molecule has 130 valence electrons. The van der Waals surface area contributed by atoms with Crippen molar-refractivity contribution in [3.8, 4) is 0 Å². The zero-order valence-electron chi connectivity index (χ0n) is 14.8. The Balaban J connectivity index is 1.84. The number of anilines is 1. The van der Waals surface area contributed by atoms with E-state index in [1.807, 2.05) is 45.0 Å². The first-order valence-electron chi connectivity index (χ1n) is 8.63. The maximum absolute atomic E-state index is 13.0. The van der Waals surface area contributed by atoms with E-state index in [4.69, 9.17) is 0 Å². The summed E-state index contributed by atoms with van der Waals surface area (Å²) in [4.78, 5) is 31.2. The van der Waals surface area contributed by atoms with Crippen LogP contribution in [-0.2, 0) is 6.42 Å². The summed E-state index contributed by atoms with van der Waals surface area (Å²) >= 11 is 0. The number of para-hydroxylation sites is 1. The highest BCUT2D eigenvalue weighted by Crippen LogP contribution is 2.32. The van der Waals surface area contributed by atoms with Gasteiger partial charge in [0.2, 0.25) is 0 Å². The summed E-state index contributed by atoms with van der Waals surface area (Å²) in [6, 6.07) is 11.2. The van der Waals surface area contributed by atoms with Crippen LogP contribution >= 0.6 is 0 Å². The topological polar surface area (TPSA) is 62.3 Å². The van der Waals surface area contributed by atoms with Gasteiger partial charge in [0.1, 0.15) is 5.69 Å². The number of aromatic nitrogens is 1. The van der Waals surface area contributed by atoms with E-state index in [1.165, 1.54) is 6.20 Å². The number of benzene rings is 1. The van der Waals surface area contributed by atoms with Gasteiger partial charge >= 0.3 is 0 Å². The van der Waals surface area contributed by atoms with Crippen molar-refractivity contribution in [2.75, 3.05) is 11.4 Å². The zero-order chi connectivity index (χ0) is 18.0. The van der Waals surface area contributed by atoms with Crippen molar-refractivity contribution in [2.45, 2.75) is 33.2 Å². The molecule has 25 heavy (non-hydrogen) atoms. The molecular weight excluding hydrogens is 314 g/mol. The van der Waals surface area contributed by atoms with E-state index >= 15 is 0 Å². The number of fused-ring (bicyclic) bond motifs is 1. The van der Waals surface area contributed by atoms with Gasteiger partial charge in [0.15, 0.2) is 0 Å². The van der Waals surface area contributed by atoms with Crippen LogP contribution in [0.15, 0.2) is 42.6 Å². The van der Waals surface area contributed by atoms with Crippen LogP contribution in [-0.4, -0.2) is 29.4 Å². The quantitative estimate of drug-likeness (QED) is 0.933. The van der Waals surface area contributed by atoms with Gasteiger partial charge in [-0.25, -0.2) is 0 Å². The molecule has 5 nitrogen and oxygen atoms in total. The van der Waals surface area contributed by atoms with E-state index in [9.17, 15) is 9.59 Å². The highest BCUT2D eigenvalue weighted by atomic mass is 16.2.